The molecule has 5 heteroatoms. The lowest BCUT2D eigenvalue weighted by Crippen LogP contribution is -2.49. The lowest BCUT2D eigenvalue weighted by Gasteiger charge is -2.40. The zero-order valence-electron chi connectivity index (χ0n) is 11.4. The van der Waals surface area contributed by atoms with E-state index in [1.165, 1.54) is 0 Å². The van der Waals surface area contributed by atoms with Crippen LogP contribution in [0.1, 0.15) is 46.5 Å². The van der Waals surface area contributed by atoms with Crippen LogP contribution < -0.4 is 5.32 Å². The van der Waals surface area contributed by atoms with Crippen LogP contribution in [-0.4, -0.2) is 31.0 Å². The fraction of sp³-hybridized carbons (Fsp3) is 1.00. The molecule has 2 nitrogen and oxygen atoms in total. The van der Waals surface area contributed by atoms with Gasteiger partial charge >= 0.3 is 6.18 Å². The average molecular weight is 267 g/mol. The third-order valence-corrected chi connectivity index (χ3v) is 3.42. The van der Waals surface area contributed by atoms with Crippen molar-refractivity contribution in [2.24, 2.45) is 5.92 Å². The van der Waals surface area contributed by atoms with E-state index in [0.717, 1.165) is 12.8 Å². The largest absolute Gasteiger partial charge is 0.411 e. The topological polar surface area (TPSA) is 21.3 Å². The highest BCUT2D eigenvalue weighted by molar-refractivity contribution is 4.90. The molecule has 1 aliphatic carbocycles. The van der Waals surface area contributed by atoms with E-state index >= 15 is 0 Å². The fourth-order valence-corrected chi connectivity index (χ4v) is 2.58. The molecule has 2 unspecified atom stereocenters. The number of rotatable bonds is 5. The van der Waals surface area contributed by atoms with Crippen LogP contribution in [0.25, 0.3) is 0 Å². The van der Waals surface area contributed by atoms with Crippen molar-refractivity contribution in [1.29, 1.82) is 0 Å². The molecule has 0 aromatic carbocycles. The molecule has 0 heterocycles. The molecule has 0 amide bonds. The van der Waals surface area contributed by atoms with Crippen LogP contribution in [0.5, 0.6) is 0 Å². The van der Waals surface area contributed by atoms with Crippen LogP contribution in [0.3, 0.4) is 0 Å². The Kier molecular flexibility index (Phi) is 5.46. The summed E-state index contributed by atoms with van der Waals surface area (Å²) in [7, 11) is 0. The molecule has 0 saturated heterocycles. The van der Waals surface area contributed by atoms with Crippen molar-refractivity contribution in [3.63, 3.8) is 0 Å². The fourth-order valence-electron chi connectivity index (χ4n) is 2.58. The van der Waals surface area contributed by atoms with Gasteiger partial charge < -0.3 is 10.1 Å². The Morgan fingerprint density at radius 3 is 2.56 bits per heavy atom. The maximum Gasteiger partial charge on any atom is 0.411 e. The minimum atomic E-state index is -4.24. The van der Waals surface area contributed by atoms with Crippen molar-refractivity contribution in [3.05, 3.63) is 0 Å². The van der Waals surface area contributed by atoms with E-state index < -0.39 is 18.4 Å². The van der Waals surface area contributed by atoms with Crippen LogP contribution >= 0.6 is 0 Å². The van der Waals surface area contributed by atoms with E-state index in [2.05, 4.69) is 12.2 Å². The minimum Gasteiger partial charge on any atom is -0.364 e. The molecule has 1 aliphatic rings. The van der Waals surface area contributed by atoms with Crippen molar-refractivity contribution >= 4 is 0 Å². The van der Waals surface area contributed by atoms with Gasteiger partial charge in [0.1, 0.15) is 6.61 Å². The summed E-state index contributed by atoms with van der Waals surface area (Å²) < 4.78 is 42.3. The molecule has 18 heavy (non-hydrogen) atoms. The van der Waals surface area contributed by atoms with Gasteiger partial charge in [-0.2, -0.15) is 13.2 Å². The Bertz CT molecular complexity index is 255. The first kappa shape index (κ1) is 15.8. The third-order valence-electron chi connectivity index (χ3n) is 3.42. The summed E-state index contributed by atoms with van der Waals surface area (Å²) in [5.41, 5.74) is -0.641. The molecule has 0 aromatic heterocycles. The maximum atomic E-state index is 12.3. The summed E-state index contributed by atoms with van der Waals surface area (Å²) in [5.74, 6) is 0.431. The minimum absolute atomic E-state index is 0.258. The molecule has 1 fully saturated rings. The second-order valence-corrected chi connectivity index (χ2v) is 5.82. The second-order valence-electron chi connectivity index (χ2n) is 5.82. The molecule has 0 aromatic rings. The molecule has 1 saturated carbocycles. The summed E-state index contributed by atoms with van der Waals surface area (Å²) >= 11 is 0. The number of halogens is 3. The van der Waals surface area contributed by atoms with E-state index in [1.54, 1.807) is 0 Å². The smallest absolute Gasteiger partial charge is 0.364 e. The molecule has 1 N–H and O–H groups in total. The van der Waals surface area contributed by atoms with E-state index in [-0.39, 0.29) is 6.04 Å². The van der Waals surface area contributed by atoms with Gasteiger partial charge in [0.2, 0.25) is 0 Å². The summed E-state index contributed by atoms with van der Waals surface area (Å²) in [6, 6.07) is 0.258. The van der Waals surface area contributed by atoms with Gasteiger partial charge in [0, 0.05) is 12.6 Å². The van der Waals surface area contributed by atoms with E-state index in [9.17, 15) is 13.2 Å². The van der Waals surface area contributed by atoms with Gasteiger partial charge in [-0.15, -0.1) is 0 Å². The van der Waals surface area contributed by atoms with Crippen LogP contribution in [-0.2, 0) is 4.74 Å². The van der Waals surface area contributed by atoms with E-state index in [0.29, 0.717) is 25.3 Å². The SMILES string of the molecule is CC1CCCC(CNC(C)C)(OCC(F)(F)F)C1. The van der Waals surface area contributed by atoms with Gasteiger partial charge in [0.25, 0.3) is 0 Å². The Labute approximate surface area is 107 Å². The quantitative estimate of drug-likeness (QED) is 0.823. The summed E-state index contributed by atoms with van der Waals surface area (Å²) in [4.78, 5) is 0. The van der Waals surface area contributed by atoms with Gasteiger partial charge in [-0.25, -0.2) is 0 Å². The van der Waals surface area contributed by atoms with Crippen molar-refractivity contribution in [3.8, 4) is 0 Å². The normalized spacial score (nSPS) is 29.8. The molecular formula is C13H24F3NO. The standard InChI is InChI=1S/C13H24F3NO/c1-10(2)17-8-12(18-9-13(14,15)16)6-4-5-11(3)7-12/h10-11,17H,4-9H2,1-3H3. The van der Waals surface area contributed by atoms with Gasteiger partial charge in [-0.05, 0) is 18.8 Å². The predicted octanol–water partition coefficient (Wildman–Crippen LogP) is 3.51. The second kappa shape index (κ2) is 6.24. The first-order valence-corrected chi connectivity index (χ1v) is 6.66. The Hall–Kier alpha value is -0.290. The molecule has 0 aliphatic heterocycles. The zero-order chi connectivity index (χ0) is 13.8. The maximum absolute atomic E-state index is 12.3. The lowest BCUT2D eigenvalue weighted by atomic mass is 9.78. The highest BCUT2D eigenvalue weighted by Gasteiger charge is 2.39. The molecular weight excluding hydrogens is 243 g/mol. The van der Waals surface area contributed by atoms with E-state index in [4.69, 9.17) is 4.74 Å². The number of nitrogens with one attached hydrogen (secondary N) is 1. The van der Waals surface area contributed by atoms with Crippen molar-refractivity contribution in [2.45, 2.75) is 64.3 Å². The average Bonchev–Trinajstić information content (AvgIpc) is 2.23. The summed E-state index contributed by atoms with van der Waals surface area (Å²) in [6.45, 7) is 5.43. The van der Waals surface area contributed by atoms with Crippen LogP contribution in [0.4, 0.5) is 13.2 Å². The Balaban J connectivity index is 2.61. The zero-order valence-corrected chi connectivity index (χ0v) is 11.4. The summed E-state index contributed by atoms with van der Waals surface area (Å²) in [5, 5.41) is 3.22. The molecule has 0 radical (unpaired) electrons. The molecule has 0 spiro atoms. The highest BCUT2D eigenvalue weighted by Crippen LogP contribution is 2.36. The van der Waals surface area contributed by atoms with Crippen molar-refractivity contribution < 1.29 is 17.9 Å². The molecule has 2 atom stereocenters. The van der Waals surface area contributed by atoms with Gasteiger partial charge in [-0.1, -0.05) is 33.6 Å². The predicted molar refractivity (Wildman–Crippen MR) is 65.5 cm³/mol. The Morgan fingerprint density at radius 2 is 2.06 bits per heavy atom. The lowest BCUT2D eigenvalue weighted by molar-refractivity contribution is -0.212. The van der Waals surface area contributed by atoms with Gasteiger partial charge in [0.15, 0.2) is 0 Å². The van der Waals surface area contributed by atoms with Crippen LogP contribution in [0.15, 0.2) is 0 Å². The first-order chi connectivity index (χ1) is 8.22. The molecule has 108 valence electrons. The molecule has 1 rings (SSSR count). The van der Waals surface area contributed by atoms with Gasteiger partial charge in [-0.3, -0.25) is 0 Å². The van der Waals surface area contributed by atoms with Gasteiger partial charge in [0.05, 0.1) is 5.60 Å². The number of hydrogen-bond acceptors (Lipinski definition) is 2. The Morgan fingerprint density at radius 1 is 1.39 bits per heavy atom. The van der Waals surface area contributed by atoms with Crippen molar-refractivity contribution in [1.82, 2.24) is 5.32 Å². The van der Waals surface area contributed by atoms with Crippen molar-refractivity contribution in [2.75, 3.05) is 13.2 Å². The monoisotopic (exact) mass is 267 g/mol. The number of alkyl halides is 3. The molecule has 0 bridgehead atoms. The third kappa shape index (κ3) is 5.57. The highest BCUT2D eigenvalue weighted by atomic mass is 19.4. The van der Waals surface area contributed by atoms with Crippen LogP contribution in [0.2, 0.25) is 0 Å². The number of ether oxygens (including phenoxy) is 1. The first-order valence-electron chi connectivity index (χ1n) is 6.66. The number of hydrogen-bond donors (Lipinski definition) is 1. The van der Waals surface area contributed by atoms with E-state index in [1.807, 2.05) is 13.8 Å². The summed E-state index contributed by atoms with van der Waals surface area (Å²) in [6.07, 6.45) is -0.793. The van der Waals surface area contributed by atoms with Crippen LogP contribution in [0, 0.1) is 5.92 Å².